The van der Waals surface area contributed by atoms with Crippen LogP contribution in [0.2, 0.25) is 0 Å². The summed E-state index contributed by atoms with van der Waals surface area (Å²) in [4.78, 5) is 25.5. The molecule has 26 heavy (non-hydrogen) atoms. The van der Waals surface area contributed by atoms with Crippen molar-refractivity contribution >= 4 is 11.9 Å². The highest BCUT2D eigenvalue weighted by Gasteiger charge is 2.51. The second-order valence-corrected chi connectivity index (χ2v) is 6.05. The summed E-state index contributed by atoms with van der Waals surface area (Å²) in [5, 5.41) is 12.7. The predicted octanol–water partition coefficient (Wildman–Crippen LogP) is 2.80. The van der Waals surface area contributed by atoms with Crippen molar-refractivity contribution in [1.82, 2.24) is 10.2 Å². The largest absolute Gasteiger partial charge is 0.466 e. The Morgan fingerprint density at radius 1 is 1.23 bits per heavy atom. The van der Waals surface area contributed by atoms with E-state index < -0.39 is 47.4 Å². The standard InChI is InChI=1S/C17H15F3N2O4/c1-16(13-7-4-8-26-13)14(24)22(15(25)21-16)9-12(23)10-5-2-3-6-11(10)17(18,19)20/h2-8,12,23H,9H2,1H3,(H,21,25)/t12-,16-/m1/s1. The fraction of sp³-hybridized carbons (Fsp3) is 0.294. The van der Waals surface area contributed by atoms with Gasteiger partial charge in [0.1, 0.15) is 5.76 Å². The Kier molecular flexibility index (Phi) is 4.27. The zero-order chi connectivity index (χ0) is 19.1. The fourth-order valence-electron chi connectivity index (χ4n) is 2.91. The van der Waals surface area contributed by atoms with Gasteiger partial charge in [-0.1, -0.05) is 18.2 Å². The van der Waals surface area contributed by atoms with Gasteiger partial charge in [0.15, 0.2) is 5.54 Å². The third kappa shape index (κ3) is 2.94. The molecule has 3 amide bonds. The number of rotatable bonds is 4. The molecule has 2 heterocycles. The number of aliphatic hydroxyl groups excluding tert-OH is 1. The van der Waals surface area contributed by atoms with E-state index in [1.807, 2.05) is 0 Å². The molecule has 1 aromatic heterocycles. The Labute approximate surface area is 146 Å². The molecule has 1 saturated heterocycles. The zero-order valence-corrected chi connectivity index (χ0v) is 13.6. The van der Waals surface area contributed by atoms with Crippen LogP contribution in [0.25, 0.3) is 0 Å². The highest BCUT2D eigenvalue weighted by molar-refractivity contribution is 6.06. The number of hydrogen-bond acceptors (Lipinski definition) is 4. The highest BCUT2D eigenvalue weighted by atomic mass is 19.4. The first-order chi connectivity index (χ1) is 12.1. The second kappa shape index (κ2) is 6.17. The summed E-state index contributed by atoms with van der Waals surface area (Å²) >= 11 is 0. The lowest BCUT2D eigenvalue weighted by Gasteiger charge is -2.22. The molecule has 0 spiro atoms. The molecule has 0 bridgehead atoms. The number of benzene rings is 1. The van der Waals surface area contributed by atoms with E-state index in [0.717, 1.165) is 12.1 Å². The van der Waals surface area contributed by atoms with Gasteiger partial charge in [-0.3, -0.25) is 9.69 Å². The van der Waals surface area contributed by atoms with Crippen LogP contribution in [0.4, 0.5) is 18.0 Å². The zero-order valence-electron chi connectivity index (χ0n) is 13.6. The maximum Gasteiger partial charge on any atom is 0.416 e. The molecule has 138 valence electrons. The van der Waals surface area contributed by atoms with Crippen molar-refractivity contribution in [3.8, 4) is 0 Å². The number of nitrogens with zero attached hydrogens (tertiary/aromatic N) is 1. The summed E-state index contributed by atoms with van der Waals surface area (Å²) in [6, 6.07) is 6.69. The van der Waals surface area contributed by atoms with Crippen molar-refractivity contribution < 1.29 is 32.3 Å². The number of aliphatic hydroxyl groups is 1. The number of halogens is 3. The summed E-state index contributed by atoms with van der Waals surface area (Å²) in [7, 11) is 0. The number of β-amino-alcohol motifs (C(OH)–C–C–N with tert-alkyl or cyclic N) is 1. The number of furan rings is 1. The summed E-state index contributed by atoms with van der Waals surface area (Å²) in [6.45, 7) is 0.802. The van der Waals surface area contributed by atoms with Crippen LogP contribution in [-0.2, 0) is 16.5 Å². The molecule has 0 aliphatic carbocycles. The van der Waals surface area contributed by atoms with Gasteiger partial charge < -0.3 is 14.8 Å². The van der Waals surface area contributed by atoms with Gasteiger partial charge in [0.2, 0.25) is 0 Å². The van der Waals surface area contributed by atoms with E-state index in [1.54, 1.807) is 0 Å². The van der Waals surface area contributed by atoms with Crippen LogP contribution >= 0.6 is 0 Å². The summed E-state index contributed by atoms with van der Waals surface area (Å²) in [5.74, 6) is -0.537. The van der Waals surface area contributed by atoms with Crippen LogP contribution < -0.4 is 5.32 Å². The van der Waals surface area contributed by atoms with Crippen molar-refractivity contribution in [1.29, 1.82) is 0 Å². The molecule has 1 aromatic carbocycles. The van der Waals surface area contributed by atoms with Gasteiger partial charge in [-0.25, -0.2) is 4.79 Å². The predicted molar refractivity (Wildman–Crippen MR) is 82.7 cm³/mol. The topological polar surface area (TPSA) is 82.8 Å². The lowest BCUT2D eigenvalue weighted by Crippen LogP contribution is -2.41. The van der Waals surface area contributed by atoms with Gasteiger partial charge in [0, 0.05) is 0 Å². The van der Waals surface area contributed by atoms with Crippen LogP contribution in [0.5, 0.6) is 0 Å². The van der Waals surface area contributed by atoms with Crippen molar-refractivity contribution in [2.24, 2.45) is 0 Å². The number of amides is 3. The van der Waals surface area contributed by atoms with Gasteiger partial charge in [0.05, 0.1) is 24.5 Å². The molecule has 2 aromatic rings. The Bertz CT molecular complexity index is 835. The molecular weight excluding hydrogens is 353 g/mol. The van der Waals surface area contributed by atoms with Gasteiger partial charge in [0.25, 0.3) is 5.91 Å². The molecule has 0 unspecified atom stereocenters. The Morgan fingerprint density at radius 3 is 2.54 bits per heavy atom. The molecule has 6 nitrogen and oxygen atoms in total. The van der Waals surface area contributed by atoms with Gasteiger partial charge in [-0.15, -0.1) is 0 Å². The quantitative estimate of drug-likeness (QED) is 0.813. The van der Waals surface area contributed by atoms with Crippen LogP contribution in [0, 0.1) is 0 Å². The van der Waals surface area contributed by atoms with Crippen LogP contribution in [0.1, 0.15) is 29.9 Å². The average Bonchev–Trinajstić information content (AvgIpc) is 3.19. The minimum absolute atomic E-state index is 0.184. The first kappa shape index (κ1) is 18.0. The van der Waals surface area contributed by atoms with Crippen molar-refractivity contribution in [2.45, 2.75) is 24.7 Å². The molecule has 0 radical (unpaired) electrons. The first-order valence-corrected chi connectivity index (χ1v) is 7.67. The van der Waals surface area contributed by atoms with Gasteiger partial charge >= 0.3 is 12.2 Å². The van der Waals surface area contributed by atoms with Crippen molar-refractivity contribution in [3.63, 3.8) is 0 Å². The van der Waals surface area contributed by atoms with Crippen molar-refractivity contribution in [2.75, 3.05) is 6.54 Å². The van der Waals surface area contributed by atoms with Crippen LogP contribution in [0.3, 0.4) is 0 Å². The molecule has 1 fully saturated rings. The molecule has 1 aliphatic rings. The first-order valence-electron chi connectivity index (χ1n) is 7.67. The molecule has 1 aliphatic heterocycles. The number of alkyl halides is 3. The average molecular weight is 368 g/mol. The maximum atomic E-state index is 13.1. The summed E-state index contributed by atoms with van der Waals surface area (Å²) in [5.41, 5.74) is -2.91. The third-order valence-electron chi connectivity index (χ3n) is 4.27. The number of carbonyl (C=O) groups excluding carboxylic acids is 2. The number of carbonyl (C=O) groups is 2. The molecule has 2 N–H and O–H groups in total. The lowest BCUT2D eigenvalue weighted by molar-refractivity contribution is -0.139. The molecular formula is C17H15F3N2O4. The van der Waals surface area contributed by atoms with E-state index in [2.05, 4.69) is 5.32 Å². The van der Waals surface area contributed by atoms with Crippen LogP contribution in [-0.4, -0.2) is 28.5 Å². The van der Waals surface area contributed by atoms with E-state index in [-0.39, 0.29) is 5.76 Å². The normalized spacial score (nSPS) is 21.8. The minimum Gasteiger partial charge on any atom is -0.466 e. The van der Waals surface area contributed by atoms with E-state index in [0.29, 0.717) is 4.90 Å². The van der Waals surface area contributed by atoms with Crippen LogP contribution in [0.15, 0.2) is 47.1 Å². The van der Waals surface area contributed by atoms with Gasteiger partial charge in [-0.05, 0) is 30.7 Å². The van der Waals surface area contributed by atoms with Crippen molar-refractivity contribution in [3.05, 3.63) is 59.5 Å². The Balaban J connectivity index is 1.86. The van der Waals surface area contributed by atoms with E-state index in [4.69, 9.17) is 4.42 Å². The third-order valence-corrected chi connectivity index (χ3v) is 4.27. The number of hydrogen-bond donors (Lipinski definition) is 2. The second-order valence-electron chi connectivity index (χ2n) is 6.05. The summed E-state index contributed by atoms with van der Waals surface area (Å²) in [6.07, 6.45) is -5.03. The number of imide groups is 1. The van der Waals surface area contributed by atoms with E-state index in [1.165, 1.54) is 37.5 Å². The maximum absolute atomic E-state index is 13.1. The Morgan fingerprint density at radius 2 is 1.92 bits per heavy atom. The molecule has 0 saturated carbocycles. The molecule has 3 rings (SSSR count). The molecule has 9 heteroatoms. The summed E-state index contributed by atoms with van der Waals surface area (Å²) < 4.78 is 44.5. The minimum atomic E-state index is -4.67. The fourth-order valence-corrected chi connectivity index (χ4v) is 2.91. The van der Waals surface area contributed by atoms with Gasteiger partial charge in [-0.2, -0.15) is 13.2 Å². The lowest BCUT2D eigenvalue weighted by atomic mass is 9.98. The van der Waals surface area contributed by atoms with E-state index >= 15 is 0 Å². The highest BCUT2D eigenvalue weighted by Crippen LogP contribution is 2.36. The number of nitrogens with one attached hydrogen (secondary N) is 1. The monoisotopic (exact) mass is 368 g/mol. The smallest absolute Gasteiger partial charge is 0.416 e. The number of urea groups is 1. The Hall–Kier alpha value is -2.81. The molecule has 2 atom stereocenters. The van der Waals surface area contributed by atoms with E-state index in [9.17, 15) is 27.9 Å². The SMILES string of the molecule is C[C@]1(c2ccco2)NC(=O)N(C[C@@H](O)c2ccccc2C(F)(F)F)C1=O.